The van der Waals surface area contributed by atoms with Gasteiger partial charge in [0.2, 0.25) is 0 Å². The lowest BCUT2D eigenvalue weighted by atomic mass is 9.46. The van der Waals surface area contributed by atoms with Crippen LogP contribution in [0.1, 0.15) is 474 Å². The van der Waals surface area contributed by atoms with E-state index >= 15 is 0 Å². The highest BCUT2D eigenvalue weighted by Crippen LogP contribution is 2.73. The predicted molar refractivity (Wildman–Crippen MR) is 507 cm³/mol. The average molecular weight is 1590 g/mol. The standard InChI is InChI=1S/C30H52.2C29H50.C28H48/c1-7-9-23-16-18-29(5)24(20-23)12-13-25-27-15-14-26(22(4)11-8-10-21(2)3)30(27,6)19-17-28(25)29;2*1-7-22-15-17-28(5)23(19-22)11-12-24-26-14-13-25(21(4)10-8-9-20(2)3)29(26,6)18-16-27(24)28;1-19(2)8-7-9-21(4)24-12-13-25-23-11-10-22-18-20(3)14-16-27(22,5)26(23)15-17-28(24,25)6/h12,21-23,25-28H,7-11,13-20H2,1-6H3;2*11,20-22,24-27H,7-10,12-19H2,1-6H3;10,19-21,23-26H,7-9,11-18H2,1-6H3/t22-,23-,25+,26-,27+,28+,29+,30-;21-,22+,24+,25-,26+,27+,28+,29-;21-,22-,24+,25-,26+,27+,28+,29-;20-,21+,23-,24+,25-,26-,27-,28+/m1110/s1. The van der Waals surface area contributed by atoms with E-state index in [-0.39, 0.29) is 0 Å². The van der Waals surface area contributed by atoms with E-state index in [1.807, 2.05) is 22.3 Å². The van der Waals surface area contributed by atoms with Crippen molar-refractivity contribution < 1.29 is 0 Å². The Labute approximate surface area is 725 Å². The quantitative estimate of drug-likeness (QED) is 0.0845. The first kappa shape index (κ1) is 92.6. The van der Waals surface area contributed by atoms with Gasteiger partial charge in [0.25, 0.3) is 0 Å². The van der Waals surface area contributed by atoms with Crippen molar-refractivity contribution in [1.82, 2.24) is 0 Å². The Hall–Kier alpha value is -1.04. The number of allylic oxidation sites excluding steroid dienone is 8. The molecule has 0 unspecified atom stereocenters. The summed E-state index contributed by atoms with van der Waals surface area (Å²) in [4.78, 5) is 0. The maximum atomic E-state index is 2.79. The highest BCUT2D eigenvalue weighted by Gasteiger charge is 2.64. The minimum absolute atomic E-state index is 0.551. The Morgan fingerprint density at radius 2 is 0.526 bits per heavy atom. The topological polar surface area (TPSA) is 0 Å². The summed E-state index contributed by atoms with van der Waals surface area (Å²) in [5, 5.41) is 0. The molecule has 0 aromatic carbocycles. The molecule has 0 radical (unpaired) electrons. The number of rotatable bonds is 24. The second-order valence-corrected chi connectivity index (χ2v) is 51.4. The lowest BCUT2D eigenvalue weighted by Gasteiger charge is -2.58. The predicted octanol–water partition coefficient (Wildman–Crippen LogP) is 36.2. The van der Waals surface area contributed by atoms with Crippen LogP contribution >= 0.6 is 0 Å². The molecule has 0 saturated heterocycles. The molecule has 0 aromatic rings. The lowest BCUT2D eigenvalue weighted by Crippen LogP contribution is -2.50. The summed E-state index contributed by atoms with van der Waals surface area (Å²) in [6.07, 6.45) is 81.7. The van der Waals surface area contributed by atoms with E-state index in [0.717, 1.165) is 166 Å². The smallest absolute Gasteiger partial charge is 0.00851 e. The van der Waals surface area contributed by atoms with Gasteiger partial charge in [0.1, 0.15) is 0 Å². The fourth-order valence-corrected chi connectivity index (χ4v) is 36.5. The van der Waals surface area contributed by atoms with Gasteiger partial charge < -0.3 is 0 Å². The van der Waals surface area contributed by atoms with Crippen LogP contribution in [0.15, 0.2) is 46.6 Å². The van der Waals surface area contributed by atoms with Crippen molar-refractivity contribution in [2.75, 3.05) is 0 Å². The van der Waals surface area contributed by atoms with E-state index in [4.69, 9.17) is 0 Å². The van der Waals surface area contributed by atoms with Gasteiger partial charge in [0.05, 0.1) is 0 Å². The Morgan fingerprint density at radius 3 is 0.784 bits per heavy atom. The highest BCUT2D eigenvalue weighted by atomic mass is 14.7. The zero-order valence-corrected chi connectivity index (χ0v) is 82.4. The molecule has 16 aliphatic rings. The summed E-state index contributed by atoms with van der Waals surface area (Å²) in [6.45, 7) is 60.9. The number of hydrogen-bond donors (Lipinski definition) is 0. The van der Waals surface area contributed by atoms with Gasteiger partial charge in [0, 0.05) is 0 Å². The maximum Gasteiger partial charge on any atom is -0.00851 e. The van der Waals surface area contributed by atoms with Crippen LogP contribution in [0.25, 0.3) is 0 Å². The molecule has 12 saturated carbocycles. The zero-order chi connectivity index (χ0) is 83.2. The minimum Gasteiger partial charge on any atom is -0.0845 e. The zero-order valence-electron chi connectivity index (χ0n) is 82.4. The molecule has 116 heavy (non-hydrogen) atoms. The molecule has 0 N–H and O–H groups in total. The normalized spacial score (nSPS) is 45.3. The van der Waals surface area contributed by atoms with E-state index in [2.05, 4.69) is 190 Å². The molecule has 32 atom stereocenters. The molecular weight excluding hydrogens is 1390 g/mol. The van der Waals surface area contributed by atoms with Gasteiger partial charge in [-0.2, -0.15) is 0 Å². The van der Waals surface area contributed by atoms with Crippen molar-refractivity contribution in [3.05, 3.63) is 46.6 Å². The molecule has 0 amide bonds. The average Bonchev–Trinajstić information content (AvgIpc) is 1.42. The molecule has 12 fully saturated rings. The maximum absolute atomic E-state index is 2.79. The molecule has 16 aliphatic carbocycles. The molecule has 0 bridgehead atoms. The monoisotopic (exact) mass is 1590 g/mol. The van der Waals surface area contributed by atoms with E-state index in [9.17, 15) is 0 Å². The van der Waals surface area contributed by atoms with Crippen LogP contribution in [0.5, 0.6) is 0 Å². The van der Waals surface area contributed by atoms with Gasteiger partial charge >= 0.3 is 0 Å². The second-order valence-electron chi connectivity index (χ2n) is 51.4. The van der Waals surface area contributed by atoms with Crippen LogP contribution in [-0.2, 0) is 0 Å². The summed E-state index contributed by atoms with van der Waals surface area (Å²) in [7, 11) is 0. The Balaban J connectivity index is 0.000000135. The first-order valence-corrected chi connectivity index (χ1v) is 53.9. The van der Waals surface area contributed by atoms with Crippen LogP contribution in [0.4, 0.5) is 0 Å². The van der Waals surface area contributed by atoms with Crippen LogP contribution in [0.2, 0.25) is 0 Å². The van der Waals surface area contributed by atoms with Crippen LogP contribution in [0.3, 0.4) is 0 Å². The molecule has 0 nitrogen and oxygen atoms in total. The van der Waals surface area contributed by atoms with Crippen molar-refractivity contribution in [2.45, 2.75) is 474 Å². The largest absolute Gasteiger partial charge is 0.0845 e. The molecule has 0 heterocycles. The summed E-state index contributed by atoms with van der Waals surface area (Å²) in [6, 6.07) is 0. The van der Waals surface area contributed by atoms with Crippen LogP contribution in [-0.4, -0.2) is 0 Å². The van der Waals surface area contributed by atoms with E-state index < -0.39 is 0 Å². The van der Waals surface area contributed by atoms with Crippen LogP contribution in [0, 0.1) is 209 Å². The lowest BCUT2D eigenvalue weighted by molar-refractivity contribution is -0.0529. The Morgan fingerprint density at radius 1 is 0.276 bits per heavy atom. The summed E-state index contributed by atoms with van der Waals surface area (Å²) in [5.41, 5.74) is 12.3. The Kier molecular flexibility index (Phi) is 30.5. The van der Waals surface area contributed by atoms with Gasteiger partial charge in [-0.05, 0) is 414 Å². The summed E-state index contributed by atoms with van der Waals surface area (Å²) < 4.78 is 0. The molecule has 16 rings (SSSR count). The molecule has 0 heteroatoms. The van der Waals surface area contributed by atoms with Crippen molar-refractivity contribution in [1.29, 1.82) is 0 Å². The van der Waals surface area contributed by atoms with Crippen molar-refractivity contribution in [2.24, 2.45) is 209 Å². The second kappa shape index (κ2) is 38.3. The van der Waals surface area contributed by atoms with Gasteiger partial charge in [-0.15, -0.1) is 0 Å². The third-order valence-corrected chi connectivity index (χ3v) is 43.6. The van der Waals surface area contributed by atoms with Crippen molar-refractivity contribution in [3.63, 3.8) is 0 Å². The van der Waals surface area contributed by atoms with E-state index in [0.29, 0.717) is 43.3 Å². The van der Waals surface area contributed by atoms with E-state index in [1.54, 1.807) is 0 Å². The van der Waals surface area contributed by atoms with Crippen LogP contribution < -0.4 is 0 Å². The third kappa shape index (κ3) is 18.3. The summed E-state index contributed by atoms with van der Waals surface area (Å²) in [5.74, 6) is 27.1. The molecule has 0 aliphatic heterocycles. The van der Waals surface area contributed by atoms with Gasteiger partial charge in [0.15, 0.2) is 0 Å². The molecular formula is C116H200. The number of hydrogen-bond acceptors (Lipinski definition) is 0. The third-order valence-electron chi connectivity index (χ3n) is 43.6. The van der Waals surface area contributed by atoms with Gasteiger partial charge in [-0.3, -0.25) is 0 Å². The summed E-state index contributed by atoms with van der Waals surface area (Å²) >= 11 is 0. The first-order valence-electron chi connectivity index (χ1n) is 53.9. The SMILES string of the molecule is CC(C)CCC[C@@H](C)[C@H]1CC[C@H]2[C@@H]3CC=C4C[C@@H](C)CC[C@]4(C)[C@H]3CC[C@]12C.CCC[C@@H]1CC[C@@]2(C)C(=CC[C@H]3[C@@H]4CC[C@H]([C@H](C)CCCC(C)C)[C@@]4(C)CC[C@@H]32)C1.CC[C@@H]1CC[C@@]2(C)C(=CC[C@H]3[C@@H]4CC[C@H]([C@H](C)CCCC(C)C)[C@@]4(C)CC[C@@H]32)C1.CC[C@H]1CC[C@@]2(C)C(=CC[C@H]3[C@@H]4CC[C@H]([C@H](C)CCCC(C)C)[C@@]4(C)CC[C@@H]32)C1. The van der Waals surface area contributed by atoms with Gasteiger partial charge in [-0.25, -0.2) is 0 Å². The fourth-order valence-electron chi connectivity index (χ4n) is 36.5. The van der Waals surface area contributed by atoms with E-state index in [1.165, 1.54) is 308 Å². The Bertz CT molecular complexity index is 3140. The van der Waals surface area contributed by atoms with Gasteiger partial charge in [-0.1, -0.05) is 315 Å². The fraction of sp³-hybridized carbons (Fsp3) is 0.931. The highest BCUT2D eigenvalue weighted by molar-refractivity contribution is 5.30. The first-order chi connectivity index (χ1) is 55.1. The van der Waals surface area contributed by atoms with Crippen molar-refractivity contribution >= 4 is 0 Å². The molecule has 0 aromatic heterocycles. The molecule has 0 spiro atoms. The molecule has 664 valence electrons. The van der Waals surface area contributed by atoms with Crippen molar-refractivity contribution in [3.8, 4) is 0 Å². The minimum atomic E-state index is 0.551. The number of fused-ring (bicyclic) bond motifs is 20.